The van der Waals surface area contributed by atoms with Gasteiger partial charge in [-0.3, -0.25) is 9.59 Å². The van der Waals surface area contributed by atoms with Crippen molar-refractivity contribution < 1.29 is 19.1 Å². The highest BCUT2D eigenvalue weighted by molar-refractivity contribution is 5.91. The van der Waals surface area contributed by atoms with Crippen molar-refractivity contribution in [3.8, 4) is 0 Å². The molecule has 1 aliphatic rings. The van der Waals surface area contributed by atoms with E-state index in [1.807, 2.05) is 12.2 Å². The molecule has 1 aliphatic carbocycles. The van der Waals surface area contributed by atoms with Gasteiger partial charge in [0.1, 0.15) is 5.76 Å². The number of carbonyl (C=O) groups is 2. The molecule has 1 aromatic heterocycles. The zero-order valence-electron chi connectivity index (χ0n) is 12.2. The lowest BCUT2D eigenvalue weighted by molar-refractivity contribution is -0.121. The largest absolute Gasteiger partial charge is 0.465 e. The predicted molar refractivity (Wildman–Crippen MR) is 81.6 cm³/mol. The van der Waals surface area contributed by atoms with Crippen LogP contribution in [0.5, 0.6) is 0 Å². The van der Waals surface area contributed by atoms with Crippen LogP contribution < -0.4 is 10.6 Å². The highest BCUT2D eigenvalue weighted by atomic mass is 16.3. The smallest absolute Gasteiger partial charge is 0.244 e. The zero-order chi connectivity index (χ0) is 15.8. The van der Waals surface area contributed by atoms with Gasteiger partial charge >= 0.3 is 0 Å². The summed E-state index contributed by atoms with van der Waals surface area (Å²) >= 11 is 0. The van der Waals surface area contributed by atoms with Gasteiger partial charge in [-0.2, -0.15) is 0 Å². The van der Waals surface area contributed by atoms with Crippen molar-refractivity contribution in [2.24, 2.45) is 5.92 Å². The third-order valence-electron chi connectivity index (χ3n) is 3.35. The van der Waals surface area contributed by atoms with Gasteiger partial charge in [0.2, 0.25) is 11.8 Å². The number of carbonyl (C=O) groups excluding carboxylic acids is 2. The van der Waals surface area contributed by atoms with E-state index in [-0.39, 0.29) is 43.3 Å². The first-order valence-electron chi connectivity index (χ1n) is 7.25. The lowest BCUT2D eigenvalue weighted by Gasteiger charge is -2.12. The Hall–Kier alpha value is -2.34. The summed E-state index contributed by atoms with van der Waals surface area (Å²) in [5.41, 5.74) is 0. The lowest BCUT2D eigenvalue weighted by Crippen LogP contribution is -2.35. The number of aliphatic hydroxyl groups excluding tert-OH is 1. The van der Waals surface area contributed by atoms with Crippen molar-refractivity contribution >= 4 is 17.9 Å². The van der Waals surface area contributed by atoms with E-state index >= 15 is 0 Å². The lowest BCUT2D eigenvalue weighted by atomic mass is 10.1. The number of hydrogen-bond acceptors (Lipinski definition) is 4. The van der Waals surface area contributed by atoms with E-state index in [1.54, 1.807) is 18.2 Å². The van der Waals surface area contributed by atoms with E-state index in [4.69, 9.17) is 9.52 Å². The number of aliphatic hydroxyl groups is 1. The SMILES string of the molecule is O=C(C=Cc1ccco1)NCCC(=O)N[C@@H]1C=C[C@H](CO)C1. The number of rotatable bonds is 7. The average Bonchev–Trinajstić information content (AvgIpc) is 3.16. The van der Waals surface area contributed by atoms with Crippen molar-refractivity contribution in [3.63, 3.8) is 0 Å². The van der Waals surface area contributed by atoms with Crippen LogP contribution in [0.4, 0.5) is 0 Å². The van der Waals surface area contributed by atoms with E-state index in [1.165, 1.54) is 12.3 Å². The van der Waals surface area contributed by atoms with Crippen LogP contribution in [0, 0.1) is 5.92 Å². The Balaban J connectivity index is 1.61. The molecule has 2 rings (SSSR count). The monoisotopic (exact) mass is 304 g/mol. The third kappa shape index (κ3) is 5.21. The highest BCUT2D eigenvalue weighted by Crippen LogP contribution is 2.16. The van der Waals surface area contributed by atoms with Gasteiger partial charge in [0.15, 0.2) is 0 Å². The number of amides is 2. The molecular weight excluding hydrogens is 284 g/mol. The molecule has 2 amide bonds. The minimum Gasteiger partial charge on any atom is -0.465 e. The maximum absolute atomic E-state index is 11.7. The minimum absolute atomic E-state index is 0.0285. The number of hydrogen-bond donors (Lipinski definition) is 3. The summed E-state index contributed by atoms with van der Waals surface area (Å²) < 4.78 is 5.06. The molecule has 118 valence electrons. The van der Waals surface area contributed by atoms with Gasteiger partial charge in [0.25, 0.3) is 0 Å². The summed E-state index contributed by atoms with van der Waals surface area (Å²) in [5.74, 6) is 0.324. The van der Waals surface area contributed by atoms with Gasteiger partial charge < -0.3 is 20.2 Å². The second-order valence-corrected chi connectivity index (χ2v) is 5.13. The molecule has 0 bridgehead atoms. The molecule has 0 radical (unpaired) electrons. The molecule has 0 aromatic carbocycles. The van der Waals surface area contributed by atoms with Crippen molar-refractivity contribution in [3.05, 3.63) is 42.4 Å². The predicted octanol–water partition coefficient (Wildman–Crippen LogP) is 0.852. The van der Waals surface area contributed by atoms with E-state index < -0.39 is 0 Å². The fraction of sp³-hybridized carbons (Fsp3) is 0.375. The first-order chi connectivity index (χ1) is 10.7. The summed E-state index contributed by atoms with van der Waals surface area (Å²) in [6.45, 7) is 0.369. The number of furan rings is 1. The molecule has 6 heteroatoms. The molecule has 2 atom stereocenters. The highest BCUT2D eigenvalue weighted by Gasteiger charge is 2.19. The van der Waals surface area contributed by atoms with Gasteiger partial charge in [0.05, 0.1) is 6.26 Å². The summed E-state index contributed by atoms with van der Waals surface area (Å²) in [6.07, 6.45) is 9.20. The maximum atomic E-state index is 11.7. The Kier molecular flexibility index (Phi) is 5.97. The van der Waals surface area contributed by atoms with Crippen LogP contribution in [0.1, 0.15) is 18.6 Å². The maximum Gasteiger partial charge on any atom is 0.244 e. The second-order valence-electron chi connectivity index (χ2n) is 5.13. The van der Waals surface area contributed by atoms with Crippen molar-refractivity contribution in [2.45, 2.75) is 18.9 Å². The zero-order valence-corrected chi connectivity index (χ0v) is 12.2. The van der Waals surface area contributed by atoms with Crippen molar-refractivity contribution in [1.82, 2.24) is 10.6 Å². The molecule has 1 aromatic rings. The molecule has 6 nitrogen and oxygen atoms in total. The van der Waals surface area contributed by atoms with E-state index in [2.05, 4.69) is 10.6 Å². The Bertz CT molecular complexity index is 549. The Morgan fingerprint density at radius 3 is 2.95 bits per heavy atom. The molecule has 0 aliphatic heterocycles. The molecule has 3 N–H and O–H groups in total. The van der Waals surface area contributed by atoms with Crippen LogP contribution in [0.15, 0.2) is 41.0 Å². The summed E-state index contributed by atoms with van der Waals surface area (Å²) in [5, 5.41) is 14.5. The summed E-state index contributed by atoms with van der Waals surface area (Å²) in [6, 6.07) is 3.45. The fourth-order valence-electron chi connectivity index (χ4n) is 2.20. The molecule has 0 spiro atoms. The third-order valence-corrected chi connectivity index (χ3v) is 3.35. The summed E-state index contributed by atoms with van der Waals surface area (Å²) in [4.78, 5) is 23.3. The van der Waals surface area contributed by atoms with E-state index in [0.717, 1.165) is 6.42 Å². The molecule has 0 saturated carbocycles. The van der Waals surface area contributed by atoms with Gasteiger partial charge in [-0.15, -0.1) is 0 Å². The average molecular weight is 304 g/mol. The Morgan fingerprint density at radius 2 is 2.27 bits per heavy atom. The molecule has 0 saturated heterocycles. The van der Waals surface area contributed by atoms with E-state index in [9.17, 15) is 9.59 Å². The van der Waals surface area contributed by atoms with Gasteiger partial charge in [-0.1, -0.05) is 12.2 Å². The van der Waals surface area contributed by atoms with Crippen LogP contribution in [0.3, 0.4) is 0 Å². The first kappa shape index (κ1) is 16.0. The standard InChI is InChI=1S/C16H20N2O4/c19-11-12-3-4-13(10-12)18-16(21)7-8-17-15(20)6-5-14-2-1-9-22-14/h1-6,9,12-13,19H,7-8,10-11H2,(H,17,20)(H,18,21)/t12-,13+/m0/s1. The van der Waals surface area contributed by atoms with Crippen molar-refractivity contribution in [2.75, 3.05) is 13.2 Å². The van der Waals surface area contributed by atoms with Gasteiger partial charge in [-0.25, -0.2) is 0 Å². The molecule has 22 heavy (non-hydrogen) atoms. The number of nitrogens with one attached hydrogen (secondary N) is 2. The fourth-order valence-corrected chi connectivity index (χ4v) is 2.20. The van der Waals surface area contributed by atoms with Crippen LogP contribution in [-0.2, 0) is 9.59 Å². The Labute approximate surface area is 128 Å². The minimum atomic E-state index is -0.273. The van der Waals surface area contributed by atoms with E-state index in [0.29, 0.717) is 5.76 Å². The molecule has 0 fully saturated rings. The van der Waals surface area contributed by atoms with Crippen molar-refractivity contribution in [1.29, 1.82) is 0 Å². The quantitative estimate of drug-likeness (QED) is 0.514. The van der Waals surface area contributed by atoms with Gasteiger partial charge in [0, 0.05) is 37.6 Å². The van der Waals surface area contributed by atoms with Crippen LogP contribution >= 0.6 is 0 Å². The first-order valence-corrected chi connectivity index (χ1v) is 7.25. The normalized spacial score (nSPS) is 20.4. The van der Waals surface area contributed by atoms with Gasteiger partial charge in [-0.05, 0) is 24.6 Å². The molecular formula is C16H20N2O4. The van der Waals surface area contributed by atoms with Crippen LogP contribution in [0.2, 0.25) is 0 Å². The molecule has 0 unspecified atom stereocenters. The van der Waals surface area contributed by atoms with Crippen LogP contribution in [0.25, 0.3) is 6.08 Å². The topological polar surface area (TPSA) is 91.6 Å². The second kappa shape index (κ2) is 8.19. The van der Waals surface area contributed by atoms with Crippen LogP contribution in [-0.4, -0.2) is 36.1 Å². The molecule has 1 heterocycles. The Morgan fingerprint density at radius 1 is 1.41 bits per heavy atom. The summed E-state index contributed by atoms with van der Waals surface area (Å²) in [7, 11) is 0.